The molecule has 2 N–H and O–H groups in total. The van der Waals surface area contributed by atoms with E-state index in [2.05, 4.69) is 15.5 Å². The Hall–Kier alpha value is -3.06. The highest BCUT2D eigenvalue weighted by atomic mass is 32.1. The molecule has 0 saturated carbocycles. The molecule has 36 heavy (non-hydrogen) atoms. The van der Waals surface area contributed by atoms with Gasteiger partial charge in [0.2, 0.25) is 5.13 Å². The fourth-order valence-corrected chi connectivity index (χ4v) is 3.70. The molecule has 0 radical (unpaired) electrons. The highest BCUT2D eigenvalue weighted by Gasteiger charge is 2.77. The van der Waals surface area contributed by atoms with Crippen LogP contribution in [0.3, 0.4) is 0 Å². The third kappa shape index (κ3) is 5.51. The summed E-state index contributed by atoms with van der Waals surface area (Å²) in [7, 11) is 0. The Balaban J connectivity index is 1.87. The molecular formula is C23H19F8N3OS. The van der Waals surface area contributed by atoms with Crippen LogP contribution in [0, 0.1) is 6.92 Å². The van der Waals surface area contributed by atoms with Gasteiger partial charge in [-0.25, -0.2) is 13.8 Å². The van der Waals surface area contributed by atoms with Crippen LogP contribution >= 0.6 is 11.3 Å². The van der Waals surface area contributed by atoms with Gasteiger partial charge in [0.25, 0.3) is 0 Å². The first-order valence-corrected chi connectivity index (χ1v) is 11.2. The lowest BCUT2D eigenvalue weighted by Gasteiger charge is -2.34. The van der Waals surface area contributed by atoms with Crippen LogP contribution in [0.15, 0.2) is 65.1 Å². The number of aliphatic hydroxyl groups is 1. The number of hydrogen-bond donors (Lipinski definition) is 2. The lowest BCUT2D eigenvalue weighted by atomic mass is 9.94. The van der Waals surface area contributed by atoms with Gasteiger partial charge in [-0.05, 0) is 12.5 Å². The summed E-state index contributed by atoms with van der Waals surface area (Å²) < 4.78 is 107. The van der Waals surface area contributed by atoms with Crippen LogP contribution < -0.4 is 5.43 Å². The van der Waals surface area contributed by atoms with Crippen molar-refractivity contribution in [1.29, 1.82) is 0 Å². The number of hydrogen-bond acceptors (Lipinski definition) is 5. The largest absolute Gasteiger partial charge is 0.386 e. The number of alkyl halides is 8. The zero-order valence-electron chi connectivity index (χ0n) is 18.4. The van der Waals surface area contributed by atoms with E-state index in [1.165, 1.54) is 24.3 Å². The minimum absolute atomic E-state index is 0.0825. The summed E-state index contributed by atoms with van der Waals surface area (Å²) in [6.07, 6.45) is -9.92. The topological polar surface area (TPSA) is 57.5 Å². The van der Waals surface area contributed by atoms with Gasteiger partial charge in [-0.3, -0.25) is 5.43 Å². The number of aryl methyl sites for hydroxylation is 1. The number of aromatic nitrogens is 1. The highest BCUT2D eigenvalue weighted by Crippen LogP contribution is 2.50. The van der Waals surface area contributed by atoms with Crippen molar-refractivity contribution in [3.63, 3.8) is 0 Å². The van der Waals surface area contributed by atoms with Crippen molar-refractivity contribution in [3.05, 3.63) is 71.1 Å². The van der Waals surface area contributed by atoms with Crippen molar-refractivity contribution in [2.75, 3.05) is 5.43 Å². The first-order chi connectivity index (χ1) is 16.8. The number of hydrazone groups is 1. The van der Waals surface area contributed by atoms with Crippen LogP contribution in [-0.4, -0.2) is 46.1 Å². The number of rotatable bonds is 10. The molecule has 3 aromatic rings. The molecule has 0 aliphatic heterocycles. The fourth-order valence-electron chi connectivity index (χ4n) is 3.04. The van der Waals surface area contributed by atoms with Gasteiger partial charge in [0.15, 0.2) is 0 Å². The number of nitrogens with one attached hydrogen (secondary N) is 1. The standard InChI is InChI=1S/C23H19F8N3OS/c1-13-7-9-15(10-8-13)17-12-36-20(32-17)34-33-16(14-5-3-2-4-6-14)11-18(35)21(26,27)23(30,31)22(28,29)19(24)25/h2-10,12,18-19,35H,11H2,1H3,(H,32,34)/b33-16-/t18-/m1/s1. The molecular weight excluding hydrogens is 518 g/mol. The number of nitrogens with zero attached hydrogens (tertiary/aromatic N) is 2. The maximum atomic E-state index is 14.2. The van der Waals surface area contributed by atoms with Crippen molar-refractivity contribution in [3.8, 4) is 11.3 Å². The quantitative estimate of drug-likeness (QED) is 0.169. The van der Waals surface area contributed by atoms with E-state index in [1.807, 2.05) is 31.2 Å². The Morgan fingerprint density at radius 3 is 2.17 bits per heavy atom. The van der Waals surface area contributed by atoms with Gasteiger partial charge in [0.05, 0.1) is 11.4 Å². The van der Waals surface area contributed by atoms with E-state index in [0.29, 0.717) is 5.69 Å². The average Bonchev–Trinajstić information content (AvgIpc) is 3.31. The van der Waals surface area contributed by atoms with Crippen molar-refractivity contribution in [1.82, 2.24) is 4.98 Å². The third-order valence-electron chi connectivity index (χ3n) is 5.16. The number of benzene rings is 2. The normalized spacial score (nSPS) is 14.2. The second-order valence-electron chi connectivity index (χ2n) is 7.78. The highest BCUT2D eigenvalue weighted by molar-refractivity contribution is 7.14. The smallest absolute Gasteiger partial charge is 0.380 e. The van der Waals surface area contributed by atoms with Crippen LogP contribution in [0.2, 0.25) is 0 Å². The molecule has 0 aliphatic carbocycles. The van der Waals surface area contributed by atoms with Gasteiger partial charge < -0.3 is 5.11 Å². The predicted molar refractivity (Wildman–Crippen MR) is 120 cm³/mol. The summed E-state index contributed by atoms with van der Waals surface area (Å²) in [4.78, 5) is 4.28. The Kier molecular flexibility index (Phi) is 8.04. The van der Waals surface area contributed by atoms with E-state index >= 15 is 0 Å². The second-order valence-corrected chi connectivity index (χ2v) is 8.64. The van der Waals surface area contributed by atoms with Gasteiger partial charge in [0.1, 0.15) is 6.10 Å². The van der Waals surface area contributed by atoms with E-state index in [9.17, 15) is 40.2 Å². The summed E-state index contributed by atoms with van der Waals surface area (Å²) in [5, 5.41) is 15.5. The monoisotopic (exact) mass is 537 g/mol. The molecule has 194 valence electrons. The van der Waals surface area contributed by atoms with Gasteiger partial charge in [-0.1, -0.05) is 60.2 Å². The van der Waals surface area contributed by atoms with E-state index in [4.69, 9.17) is 0 Å². The lowest BCUT2D eigenvalue weighted by molar-refractivity contribution is -0.355. The molecule has 13 heteroatoms. The van der Waals surface area contributed by atoms with Gasteiger partial charge >= 0.3 is 24.2 Å². The van der Waals surface area contributed by atoms with Crippen molar-refractivity contribution < 1.29 is 40.2 Å². The Morgan fingerprint density at radius 1 is 0.972 bits per heavy atom. The van der Waals surface area contributed by atoms with Crippen molar-refractivity contribution in [2.24, 2.45) is 5.10 Å². The Morgan fingerprint density at radius 2 is 1.58 bits per heavy atom. The molecule has 4 nitrogen and oxygen atoms in total. The fraction of sp³-hybridized carbons (Fsp3) is 0.304. The minimum Gasteiger partial charge on any atom is -0.386 e. The van der Waals surface area contributed by atoms with Crippen LogP contribution in [0.25, 0.3) is 11.3 Å². The van der Waals surface area contributed by atoms with Crippen LogP contribution in [0.1, 0.15) is 17.5 Å². The molecule has 0 fully saturated rings. The number of anilines is 1. The first kappa shape index (κ1) is 27.5. The summed E-state index contributed by atoms with van der Waals surface area (Å²) in [6.45, 7) is 1.90. The first-order valence-electron chi connectivity index (χ1n) is 10.3. The van der Waals surface area contributed by atoms with Crippen molar-refractivity contribution in [2.45, 2.75) is 43.6 Å². The average molecular weight is 537 g/mol. The van der Waals surface area contributed by atoms with E-state index < -0.39 is 42.4 Å². The Bertz CT molecular complexity index is 1180. The Labute approximate surface area is 204 Å². The summed E-state index contributed by atoms with van der Waals surface area (Å²) in [6, 6.07) is 14.5. The molecule has 0 aliphatic rings. The minimum atomic E-state index is -6.54. The molecule has 3 rings (SSSR count). The molecule has 1 aromatic heterocycles. The van der Waals surface area contributed by atoms with Crippen LogP contribution in [-0.2, 0) is 0 Å². The molecule has 1 atom stereocenters. The molecule has 1 heterocycles. The lowest BCUT2D eigenvalue weighted by Crippen LogP contribution is -2.62. The molecule has 0 saturated heterocycles. The number of aliphatic hydroxyl groups excluding tert-OH is 1. The van der Waals surface area contributed by atoms with E-state index in [-0.39, 0.29) is 10.7 Å². The second kappa shape index (κ2) is 10.5. The van der Waals surface area contributed by atoms with Crippen LogP contribution in [0.4, 0.5) is 40.3 Å². The SMILES string of the molecule is Cc1ccc(-c2csc(N/N=C(/C[C@@H](O)C(F)(F)C(F)(F)C(F)(F)C(F)F)c3ccccc3)n2)cc1. The maximum Gasteiger partial charge on any atom is 0.380 e. The molecule has 0 amide bonds. The molecule has 0 bridgehead atoms. The van der Waals surface area contributed by atoms with Gasteiger partial charge in [0, 0.05) is 17.4 Å². The number of thiazole rings is 1. The zero-order chi connectivity index (χ0) is 26.7. The summed E-state index contributed by atoms with van der Waals surface area (Å²) in [5.41, 5.74) is 4.48. The predicted octanol–water partition coefficient (Wildman–Crippen LogP) is 6.86. The van der Waals surface area contributed by atoms with Gasteiger partial charge in [-0.15, -0.1) is 11.3 Å². The molecule has 0 spiro atoms. The van der Waals surface area contributed by atoms with Crippen molar-refractivity contribution >= 4 is 22.2 Å². The molecule has 0 unspecified atom stereocenters. The maximum absolute atomic E-state index is 14.2. The van der Waals surface area contributed by atoms with E-state index in [1.54, 1.807) is 11.4 Å². The summed E-state index contributed by atoms with van der Waals surface area (Å²) in [5.74, 6) is -18.8. The van der Waals surface area contributed by atoms with E-state index in [0.717, 1.165) is 22.5 Å². The summed E-state index contributed by atoms with van der Waals surface area (Å²) >= 11 is 1.08. The van der Waals surface area contributed by atoms with Gasteiger partial charge in [-0.2, -0.15) is 31.4 Å². The third-order valence-corrected chi connectivity index (χ3v) is 5.91. The zero-order valence-corrected chi connectivity index (χ0v) is 19.2. The number of halogens is 8. The molecule has 2 aromatic carbocycles. The van der Waals surface area contributed by atoms with Crippen LogP contribution in [0.5, 0.6) is 0 Å².